The number of nitrogens with zero attached hydrogens (tertiary/aromatic N) is 5. The number of carboxylic acid groups (broad SMARTS) is 1. The van der Waals surface area contributed by atoms with Crippen molar-refractivity contribution < 1.29 is 19.2 Å². The quantitative estimate of drug-likeness (QED) is 0.631. The second-order valence-electron chi connectivity index (χ2n) is 8.17. The summed E-state index contributed by atoms with van der Waals surface area (Å²) < 4.78 is 5.52. The van der Waals surface area contributed by atoms with Crippen LogP contribution in [0.25, 0.3) is 11.4 Å². The molecule has 3 aromatic heterocycles. The minimum atomic E-state index is -0.933. The fourth-order valence-electron chi connectivity index (χ4n) is 3.69. The predicted molar refractivity (Wildman–Crippen MR) is 104 cm³/mol. The highest BCUT2D eigenvalue weighted by molar-refractivity contribution is 5.78. The number of hydrogen-bond acceptors (Lipinski definition) is 7. The Morgan fingerprint density at radius 1 is 1.30 bits per heavy atom. The lowest BCUT2D eigenvalue weighted by Gasteiger charge is -2.35. The number of pyridine rings is 1. The smallest absolute Gasteiger partial charge is 0.303 e. The first-order valence-corrected chi connectivity index (χ1v) is 9.59. The van der Waals surface area contributed by atoms with Gasteiger partial charge in [-0.05, 0) is 17.5 Å². The first-order valence-electron chi connectivity index (χ1n) is 9.59. The molecule has 3 aromatic rings. The molecule has 1 atom stereocenters. The molecule has 10 heteroatoms. The number of carbonyl (C=O) groups excluding carboxylic acids is 1. The Hall–Kier alpha value is -3.56. The highest BCUT2D eigenvalue weighted by Crippen LogP contribution is 2.35. The molecule has 1 unspecified atom stereocenters. The summed E-state index contributed by atoms with van der Waals surface area (Å²) in [6.45, 7) is 3.86. The third-order valence-electron chi connectivity index (χ3n) is 5.14. The Bertz CT molecular complexity index is 1060. The van der Waals surface area contributed by atoms with E-state index in [1.807, 2.05) is 0 Å². The largest absolute Gasteiger partial charge is 0.481 e. The van der Waals surface area contributed by atoms with Gasteiger partial charge < -0.3 is 19.5 Å². The van der Waals surface area contributed by atoms with Crippen LogP contribution in [0.4, 0.5) is 0 Å². The number of aromatic amines is 1. The maximum atomic E-state index is 13.2. The van der Waals surface area contributed by atoms with Gasteiger partial charge in [0.2, 0.25) is 17.6 Å². The van der Waals surface area contributed by atoms with E-state index >= 15 is 0 Å². The molecule has 0 aromatic carbocycles. The first-order chi connectivity index (χ1) is 14.3. The minimum absolute atomic E-state index is 0.0879. The summed E-state index contributed by atoms with van der Waals surface area (Å²) in [6.07, 6.45) is 5.30. The van der Waals surface area contributed by atoms with Crippen LogP contribution < -0.4 is 0 Å². The molecule has 1 amide bonds. The molecule has 4 heterocycles. The topological polar surface area (TPSA) is 138 Å². The zero-order valence-electron chi connectivity index (χ0n) is 16.7. The minimum Gasteiger partial charge on any atom is -0.481 e. The molecule has 0 radical (unpaired) electrons. The second kappa shape index (κ2) is 7.69. The number of rotatable bonds is 6. The van der Waals surface area contributed by atoms with Gasteiger partial charge in [0.05, 0.1) is 30.7 Å². The molecule has 10 nitrogen and oxygen atoms in total. The highest BCUT2D eigenvalue weighted by Gasteiger charge is 2.38. The number of aromatic nitrogens is 5. The molecule has 156 valence electrons. The Morgan fingerprint density at radius 2 is 2.07 bits per heavy atom. The van der Waals surface area contributed by atoms with Crippen molar-refractivity contribution in [3.63, 3.8) is 0 Å². The highest BCUT2D eigenvalue weighted by atomic mass is 16.5. The molecule has 0 spiro atoms. The van der Waals surface area contributed by atoms with E-state index in [1.165, 1.54) is 0 Å². The summed E-state index contributed by atoms with van der Waals surface area (Å²) in [6, 6.07) is 3.08. The zero-order chi connectivity index (χ0) is 21.3. The lowest BCUT2D eigenvalue weighted by Crippen LogP contribution is -2.41. The maximum Gasteiger partial charge on any atom is 0.303 e. The van der Waals surface area contributed by atoms with Crippen LogP contribution in [0, 0.1) is 5.41 Å². The molecule has 0 saturated heterocycles. The third kappa shape index (κ3) is 4.07. The van der Waals surface area contributed by atoms with Crippen LogP contribution in [0.5, 0.6) is 0 Å². The third-order valence-corrected chi connectivity index (χ3v) is 5.14. The van der Waals surface area contributed by atoms with Gasteiger partial charge in [0.1, 0.15) is 6.04 Å². The molecule has 0 fully saturated rings. The first kappa shape index (κ1) is 19.7. The normalized spacial score (nSPS) is 16.3. The fourth-order valence-corrected chi connectivity index (χ4v) is 3.69. The Balaban J connectivity index is 1.62. The number of carbonyl (C=O) groups is 2. The van der Waals surface area contributed by atoms with E-state index in [-0.39, 0.29) is 18.7 Å². The molecule has 0 bridgehead atoms. The Labute approximate surface area is 172 Å². The summed E-state index contributed by atoms with van der Waals surface area (Å²) in [4.78, 5) is 41.9. The molecule has 0 saturated carbocycles. The van der Waals surface area contributed by atoms with Crippen molar-refractivity contribution in [1.29, 1.82) is 0 Å². The molecule has 1 aliphatic heterocycles. The van der Waals surface area contributed by atoms with Crippen molar-refractivity contribution in [2.75, 3.05) is 0 Å². The van der Waals surface area contributed by atoms with Gasteiger partial charge in [0.15, 0.2) is 0 Å². The van der Waals surface area contributed by atoms with Crippen molar-refractivity contribution >= 4 is 11.9 Å². The van der Waals surface area contributed by atoms with Gasteiger partial charge in [0.25, 0.3) is 0 Å². The van der Waals surface area contributed by atoms with Crippen LogP contribution in [0.15, 0.2) is 35.4 Å². The van der Waals surface area contributed by atoms with E-state index in [1.54, 1.807) is 49.6 Å². The summed E-state index contributed by atoms with van der Waals surface area (Å²) in [7, 11) is 0. The Kier molecular flexibility index (Phi) is 5.06. The summed E-state index contributed by atoms with van der Waals surface area (Å²) in [5.74, 6) is -0.369. The monoisotopic (exact) mass is 410 g/mol. The number of aliphatic carboxylic acids is 1. The lowest BCUT2D eigenvalue weighted by molar-refractivity contribution is -0.142. The van der Waals surface area contributed by atoms with Gasteiger partial charge in [-0.15, -0.1) is 0 Å². The average molecular weight is 410 g/mol. The van der Waals surface area contributed by atoms with Crippen LogP contribution in [0.3, 0.4) is 0 Å². The van der Waals surface area contributed by atoms with Crippen molar-refractivity contribution in [3.05, 3.63) is 48.1 Å². The van der Waals surface area contributed by atoms with E-state index in [4.69, 9.17) is 9.63 Å². The molecule has 2 N–H and O–H groups in total. The second-order valence-corrected chi connectivity index (χ2v) is 8.17. The maximum absolute atomic E-state index is 13.2. The number of H-pyrrole nitrogens is 1. The SMILES string of the molecule is CC(C)(CC(=O)O)CC(=O)N1Cc2[nH]cnc2CC1c1nc(-c2ccncc2)no1. The van der Waals surface area contributed by atoms with Crippen LogP contribution in [0.1, 0.15) is 50.0 Å². The molecular formula is C20H22N6O4. The number of hydrogen-bond donors (Lipinski definition) is 2. The number of fused-ring (bicyclic) bond motifs is 1. The van der Waals surface area contributed by atoms with Crippen molar-refractivity contribution in [2.24, 2.45) is 5.41 Å². The number of amides is 1. The van der Waals surface area contributed by atoms with Crippen LogP contribution in [-0.2, 0) is 22.6 Å². The van der Waals surface area contributed by atoms with Crippen LogP contribution in [0.2, 0.25) is 0 Å². The van der Waals surface area contributed by atoms with Gasteiger partial charge in [-0.1, -0.05) is 19.0 Å². The van der Waals surface area contributed by atoms with Crippen LogP contribution >= 0.6 is 0 Å². The fraction of sp³-hybridized carbons (Fsp3) is 0.400. The van der Waals surface area contributed by atoms with E-state index < -0.39 is 17.4 Å². The number of carboxylic acids is 1. The van der Waals surface area contributed by atoms with E-state index in [9.17, 15) is 9.59 Å². The van der Waals surface area contributed by atoms with Crippen molar-refractivity contribution in [1.82, 2.24) is 30.0 Å². The summed E-state index contributed by atoms with van der Waals surface area (Å²) in [5.41, 5.74) is 1.78. The van der Waals surface area contributed by atoms with Crippen molar-refractivity contribution in [2.45, 2.75) is 45.7 Å². The number of imidazole rings is 1. The zero-order valence-corrected chi connectivity index (χ0v) is 16.7. The predicted octanol–water partition coefficient (Wildman–Crippen LogP) is 2.37. The van der Waals surface area contributed by atoms with Gasteiger partial charge >= 0.3 is 5.97 Å². The Morgan fingerprint density at radius 3 is 2.80 bits per heavy atom. The van der Waals surface area contributed by atoms with Crippen molar-refractivity contribution in [3.8, 4) is 11.4 Å². The van der Waals surface area contributed by atoms with Gasteiger partial charge in [-0.2, -0.15) is 4.98 Å². The molecule has 4 rings (SSSR count). The van der Waals surface area contributed by atoms with E-state index in [0.29, 0.717) is 24.7 Å². The van der Waals surface area contributed by atoms with E-state index in [0.717, 1.165) is 17.0 Å². The van der Waals surface area contributed by atoms with E-state index in [2.05, 4.69) is 25.1 Å². The standard InChI is InChI=1S/C20H22N6O4/c1-20(2,9-17(28)29)8-16(27)26-10-14-13(22-11-23-14)7-15(26)19-24-18(25-30-19)12-3-5-21-6-4-12/h3-6,11,15H,7-10H2,1-2H3,(H,22,23)(H,28,29). The average Bonchev–Trinajstić information content (AvgIpc) is 3.35. The van der Waals surface area contributed by atoms with Gasteiger partial charge in [0, 0.05) is 30.8 Å². The lowest BCUT2D eigenvalue weighted by atomic mass is 9.84. The molecule has 1 aliphatic rings. The van der Waals surface area contributed by atoms with Crippen LogP contribution in [-0.4, -0.2) is 47.0 Å². The summed E-state index contributed by atoms with van der Waals surface area (Å²) >= 11 is 0. The van der Waals surface area contributed by atoms with Gasteiger partial charge in [-0.25, -0.2) is 4.98 Å². The molecular weight excluding hydrogens is 388 g/mol. The van der Waals surface area contributed by atoms with Gasteiger partial charge in [-0.3, -0.25) is 14.6 Å². The molecule has 30 heavy (non-hydrogen) atoms. The number of nitrogens with one attached hydrogen (secondary N) is 1. The summed E-state index contributed by atoms with van der Waals surface area (Å²) in [5, 5.41) is 13.2. The molecule has 0 aliphatic carbocycles.